The second-order valence-corrected chi connectivity index (χ2v) is 4.86. The first-order chi connectivity index (χ1) is 7.02. The molecular weight excluding hydrogens is 252 g/mol. The highest BCUT2D eigenvalue weighted by atomic mass is 79.9. The van der Waals surface area contributed by atoms with E-state index in [1.165, 1.54) is 22.0 Å². The van der Waals surface area contributed by atoms with Gasteiger partial charge in [0.25, 0.3) is 0 Å². The first-order valence-electron chi connectivity index (χ1n) is 5.05. The van der Waals surface area contributed by atoms with E-state index in [1.54, 1.807) is 0 Å². The summed E-state index contributed by atoms with van der Waals surface area (Å²) in [5.74, 6) is 0. The lowest BCUT2D eigenvalue weighted by Gasteiger charge is -2.01. The van der Waals surface area contributed by atoms with Gasteiger partial charge < -0.3 is 10.7 Å². The molecule has 0 aliphatic rings. The van der Waals surface area contributed by atoms with Gasteiger partial charge in [-0.1, -0.05) is 12.1 Å². The minimum atomic E-state index is 0.0199. The Kier molecular flexibility index (Phi) is 2.61. The first kappa shape index (κ1) is 10.7. The predicted octanol–water partition coefficient (Wildman–Crippen LogP) is 3.57. The van der Waals surface area contributed by atoms with Crippen LogP contribution >= 0.6 is 15.9 Å². The molecule has 1 heterocycles. The summed E-state index contributed by atoms with van der Waals surface area (Å²) in [5, 5.41) is 1.21. The van der Waals surface area contributed by atoms with E-state index in [0.717, 1.165) is 10.2 Å². The van der Waals surface area contributed by atoms with Crippen molar-refractivity contribution in [2.24, 2.45) is 5.73 Å². The van der Waals surface area contributed by atoms with Crippen molar-refractivity contribution in [3.63, 3.8) is 0 Å². The summed E-state index contributed by atoms with van der Waals surface area (Å²) >= 11 is 3.60. The van der Waals surface area contributed by atoms with Crippen molar-refractivity contribution in [1.82, 2.24) is 4.98 Å². The zero-order chi connectivity index (χ0) is 11.2. The topological polar surface area (TPSA) is 41.8 Å². The zero-order valence-corrected chi connectivity index (χ0v) is 10.8. The number of H-pyrrole nitrogens is 1. The lowest BCUT2D eigenvalue weighted by Crippen LogP contribution is -2.05. The van der Waals surface area contributed by atoms with Crippen molar-refractivity contribution < 1.29 is 0 Å². The van der Waals surface area contributed by atoms with E-state index in [9.17, 15) is 0 Å². The molecule has 0 spiro atoms. The second-order valence-electron chi connectivity index (χ2n) is 4.07. The van der Waals surface area contributed by atoms with Crippen molar-refractivity contribution >= 4 is 26.8 Å². The Morgan fingerprint density at radius 1 is 1.33 bits per heavy atom. The summed E-state index contributed by atoms with van der Waals surface area (Å²) in [6.07, 6.45) is 0. The SMILES string of the molecule is Cc1ccc2c(Br)c(C(C)N)[nH]c2c1C. The average Bonchev–Trinajstić information content (AvgIpc) is 2.51. The van der Waals surface area contributed by atoms with E-state index >= 15 is 0 Å². The first-order valence-corrected chi connectivity index (χ1v) is 5.84. The van der Waals surface area contributed by atoms with Crippen LogP contribution in [-0.4, -0.2) is 4.98 Å². The molecule has 15 heavy (non-hydrogen) atoms. The molecule has 1 unspecified atom stereocenters. The van der Waals surface area contributed by atoms with Crippen LogP contribution in [0.4, 0.5) is 0 Å². The lowest BCUT2D eigenvalue weighted by atomic mass is 10.1. The number of aromatic nitrogens is 1. The van der Waals surface area contributed by atoms with Crippen molar-refractivity contribution in [3.8, 4) is 0 Å². The molecule has 1 atom stereocenters. The monoisotopic (exact) mass is 266 g/mol. The van der Waals surface area contributed by atoms with Crippen LogP contribution in [0.15, 0.2) is 16.6 Å². The highest BCUT2D eigenvalue weighted by Gasteiger charge is 2.13. The molecule has 3 heteroatoms. The van der Waals surface area contributed by atoms with Crippen LogP contribution < -0.4 is 5.73 Å². The third-order valence-corrected chi connectivity index (χ3v) is 3.78. The van der Waals surface area contributed by atoms with Gasteiger partial charge in [0, 0.05) is 21.6 Å². The van der Waals surface area contributed by atoms with Gasteiger partial charge >= 0.3 is 0 Å². The third kappa shape index (κ3) is 1.60. The fourth-order valence-corrected chi connectivity index (χ4v) is 2.60. The number of fused-ring (bicyclic) bond motifs is 1. The van der Waals surface area contributed by atoms with E-state index in [2.05, 4.69) is 46.9 Å². The molecule has 2 rings (SSSR count). The minimum absolute atomic E-state index is 0.0199. The van der Waals surface area contributed by atoms with Gasteiger partial charge in [0.05, 0.1) is 5.52 Å². The molecule has 0 radical (unpaired) electrons. The quantitative estimate of drug-likeness (QED) is 0.814. The van der Waals surface area contributed by atoms with Gasteiger partial charge in [-0.2, -0.15) is 0 Å². The minimum Gasteiger partial charge on any atom is -0.356 e. The number of hydrogen-bond donors (Lipinski definition) is 2. The number of nitrogens with two attached hydrogens (primary N) is 1. The summed E-state index contributed by atoms with van der Waals surface area (Å²) in [6, 6.07) is 4.29. The zero-order valence-electron chi connectivity index (χ0n) is 9.19. The van der Waals surface area contributed by atoms with Gasteiger partial charge in [0.1, 0.15) is 0 Å². The Balaban J connectivity index is 2.82. The number of rotatable bonds is 1. The lowest BCUT2D eigenvalue weighted by molar-refractivity contribution is 0.787. The molecule has 0 aliphatic heterocycles. The molecule has 2 aromatic rings. The molecule has 0 amide bonds. The number of aromatic amines is 1. The van der Waals surface area contributed by atoms with Gasteiger partial charge in [0.2, 0.25) is 0 Å². The molecular formula is C12H15BrN2. The van der Waals surface area contributed by atoms with E-state index in [4.69, 9.17) is 5.73 Å². The molecule has 1 aromatic carbocycles. The molecule has 0 aliphatic carbocycles. The van der Waals surface area contributed by atoms with Crippen LogP contribution in [0.3, 0.4) is 0 Å². The number of benzene rings is 1. The van der Waals surface area contributed by atoms with E-state index in [1.807, 2.05) is 6.92 Å². The molecule has 0 saturated heterocycles. The maximum atomic E-state index is 5.91. The molecule has 2 nitrogen and oxygen atoms in total. The Labute approximate surface area is 98.0 Å². The van der Waals surface area contributed by atoms with Crippen LogP contribution in [0.25, 0.3) is 10.9 Å². The molecule has 0 saturated carbocycles. The Morgan fingerprint density at radius 2 is 2.00 bits per heavy atom. The second kappa shape index (κ2) is 3.65. The van der Waals surface area contributed by atoms with Crippen molar-refractivity contribution in [2.45, 2.75) is 26.8 Å². The fourth-order valence-electron chi connectivity index (χ4n) is 1.81. The van der Waals surface area contributed by atoms with Gasteiger partial charge in [-0.05, 0) is 47.8 Å². The van der Waals surface area contributed by atoms with Crippen molar-refractivity contribution in [1.29, 1.82) is 0 Å². The van der Waals surface area contributed by atoms with Crippen LogP contribution in [0.2, 0.25) is 0 Å². The Bertz CT molecular complexity index is 512. The van der Waals surface area contributed by atoms with E-state index in [0.29, 0.717) is 0 Å². The van der Waals surface area contributed by atoms with Crippen LogP contribution in [0.5, 0.6) is 0 Å². The predicted molar refractivity (Wildman–Crippen MR) is 68.1 cm³/mol. The maximum Gasteiger partial charge on any atom is 0.0500 e. The Hall–Kier alpha value is -0.800. The van der Waals surface area contributed by atoms with Crippen LogP contribution in [0, 0.1) is 13.8 Å². The normalized spacial score (nSPS) is 13.4. The van der Waals surface area contributed by atoms with E-state index < -0.39 is 0 Å². The average molecular weight is 267 g/mol. The van der Waals surface area contributed by atoms with Crippen LogP contribution in [-0.2, 0) is 0 Å². The standard InChI is InChI=1S/C12H15BrN2/c1-6-4-5-9-10(13)12(8(3)14)15-11(9)7(6)2/h4-5,8,15H,14H2,1-3H3. The summed E-state index contributed by atoms with van der Waals surface area (Å²) in [7, 11) is 0. The summed E-state index contributed by atoms with van der Waals surface area (Å²) in [4.78, 5) is 3.40. The highest BCUT2D eigenvalue weighted by molar-refractivity contribution is 9.10. The van der Waals surface area contributed by atoms with E-state index in [-0.39, 0.29) is 6.04 Å². The van der Waals surface area contributed by atoms with Gasteiger partial charge in [-0.3, -0.25) is 0 Å². The van der Waals surface area contributed by atoms with Crippen LogP contribution in [0.1, 0.15) is 29.8 Å². The summed E-state index contributed by atoms with van der Waals surface area (Å²) in [5.41, 5.74) is 10.8. The van der Waals surface area contributed by atoms with Gasteiger partial charge in [-0.25, -0.2) is 0 Å². The summed E-state index contributed by atoms with van der Waals surface area (Å²) < 4.78 is 1.09. The van der Waals surface area contributed by atoms with Crippen molar-refractivity contribution in [3.05, 3.63) is 33.4 Å². The molecule has 80 valence electrons. The van der Waals surface area contributed by atoms with Gasteiger partial charge in [0.15, 0.2) is 0 Å². The fraction of sp³-hybridized carbons (Fsp3) is 0.333. The molecule has 3 N–H and O–H groups in total. The largest absolute Gasteiger partial charge is 0.356 e. The third-order valence-electron chi connectivity index (χ3n) is 2.92. The highest BCUT2D eigenvalue weighted by Crippen LogP contribution is 2.33. The number of nitrogens with one attached hydrogen (secondary N) is 1. The maximum absolute atomic E-state index is 5.91. The smallest absolute Gasteiger partial charge is 0.0500 e. The number of hydrogen-bond acceptors (Lipinski definition) is 1. The Morgan fingerprint density at radius 3 is 2.60 bits per heavy atom. The molecule has 1 aromatic heterocycles. The molecule has 0 fully saturated rings. The number of aryl methyl sites for hydroxylation is 2. The van der Waals surface area contributed by atoms with Gasteiger partial charge in [-0.15, -0.1) is 0 Å². The summed E-state index contributed by atoms with van der Waals surface area (Å²) in [6.45, 7) is 6.23. The number of halogens is 1. The molecule has 0 bridgehead atoms. The van der Waals surface area contributed by atoms with Crippen molar-refractivity contribution in [2.75, 3.05) is 0 Å².